The Balaban J connectivity index is 1.66. The zero-order valence-corrected chi connectivity index (χ0v) is 15.4. The van der Waals surface area contributed by atoms with Gasteiger partial charge in [0.05, 0.1) is 11.9 Å². The van der Waals surface area contributed by atoms with Gasteiger partial charge < -0.3 is 10.2 Å². The van der Waals surface area contributed by atoms with Gasteiger partial charge in [-0.2, -0.15) is 5.10 Å². The summed E-state index contributed by atoms with van der Waals surface area (Å²) in [5.74, 6) is -0.0400. The molecule has 0 aliphatic carbocycles. The van der Waals surface area contributed by atoms with Crippen molar-refractivity contribution in [3.8, 4) is 10.6 Å². The Bertz CT molecular complexity index is 724. The van der Waals surface area contributed by atoms with Gasteiger partial charge in [0.15, 0.2) is 0 Å². The van der Waals surface area contributed by atoms with E-state index < -0.39 is 0 Å². The number of thiazole rings is 1. The van der Waals surface area contributed by atoms with E-state index in [4.69, 9.17) is 0 Å². The molecule has 1 N–H and O–H groups in total. The van der Waals surface area contributed by atoms with Crippen molar-refractivity contribution in [2.24, 2.45) is 7.05 Å². The van der Waals surface area contributed by atoms with E-state index in [1.165, 1.54) is 11.3 Å². The molecule has 3 heterocycles. The van der Waals surface area contributed by atoms with Gasteiger partial charge in [-0.1, -0.05) is 0 Å². The Labute approximate surface area is 146 Å². The molecule has 0 spiro atoms. The first-order chi connectivity index (χ1) is 11.4. The normalized spacial score (nSPS) is 19.6. The van der Waals surface area contributed by atoms with Gasteiger partial charge in [-0.15, -0.1) is 11.3 Å². The van der Waals surface area contributed by atoms with Gasteiger partial charge in [0, 0.05) is 51.0 Å². The van der Waals surface area contributed by atoms with Crippen molar-refractivity contribution in [1.29, 1.82) is 0 Å². The van der Waals surface area contributed by atoms with E-state index in [1.807, 2.05) is 20.2 Å². The lowest BCUT2D eigenvalue weighted by molar-refractivity contribution is 0.0884. The number of hydrogen-bond donors (Lipinski definition) is 1. The lowest BCUT2D eigenvalue weighted by Crippen LogP contribution is -2.54. The molecule has 1 saturated heterocycles. The number of piperazine rings is 1. The molecular formula is C16H24N6OS. The lowest BCUT2D eigenvalue weighted by atomic mass is 10.2. The van der Waals surface area contributed by atoms with Crippen molar-refractivity contribution in [2.75, 3.05) is 40.3 Å². The molecule has 1 amide bonds. The summed E-state index contributed by atoms with van der Waals surface area (Å²) in [6.45, 7) is 5.61. The Kier molecular flexibility index (Phi) is 4.98. The molecule has 24 heavy (non-hydrogen) atoms. The Hall–Kier alpha value is -1.77. The number of amides is 1. The van der Waals surface area contributed by atoms with Crippen LogP contribution in [0.5, 0.6) is 0 Å². The van der Waals surface area contributed by atoms with Crippen LogP contribution in [0.25, 0.3) is 10.6 Å². The Morgan fingerprint density at radius 1 is 1.38 bits per heavy atom. The van der Waals surface area contributed by atoms with Crippen molar-refractivity contribution in [3.63, 3.8) is 0 Å². The first-order valence-electron chi connectivity index (χ1n) is 8.07. The predicted molar refractivity (Wildman–Crippen MR) is 95.3 cm³/mol. The highest BCUT2D eigenvalue weighted by Gasteiger charge is 2.24. The molecule has 130 valence electrons. The highest BCUT2D eigenvalue weighted by Crippen LogP contribution is 2.27. The van der Waals surface area contributed by atoms with Crippen LogP contribution in [0.2, 0.25) is 0 Å². The van der Waals surface area contributed by atoms with Gasteiger partial charge in [-0.25, -0.2) is 4.98 Å². The van der Waals surface area contributed by atoms with E-state index >= 15 is 0 Å². The summed E-state index contributed by atoms with van der Waals surface area (Å²) < 4.78 is 1.74. The summed E-state index contributed by atoms with van der Waals surface area (Å²) in [4.78, 5) is 22.4. The van der Waals surface area contributed by atoms with E-state index in [2.05, 4.69) is 39.3 Å². The average Bonchev–Trinajstić information content (AvgIpc) is 3.14. The molecule has 8 heteroatoms. The summed E-state index contributed by atoms with van der Waals surface area (Å²) in [5, 5.41) is 8.07. The minimum atomic E-state index is -0.0400. The molecule has 1 aliphatic heterocycles. The molecule has 2 aromatic rings. The number of aromatic nitrogens is 3. The molecule has 1 atom stereocenters. The molecule has 1 fully saturated rings. The quantitative estimate of drug-likeness (QED) is 0.886. The van der Waals surface area contributed by atoms with Crippen LogP contribution in [0, 0.1) is 6.92 Å². The van der Waals surface area contributed by atoms with Gasteiger partial charge in [0.25, 0.3) is 5.91 Å². The monoisotopic (exact) mass is 348 g/mol. The van der Waals surface area contributed by atoms with E-state index in [0.717, 1.165) is 35.9 Å². The molecule has 0 saturated carbocycles. The van der Waals surface area contributed by atoms with Gasteiger partial charge in [0.1, 0.15) is 9.88 Å². The minimum absolute atomic E-state index is 0.0400. The zero-order valence-electron chi connectivity index (χ0n) is 14.6. The second-order valence-electron chi connectivity index (χ2n) is 6.44. The standard InChI is InChI=1S/C16H24N6OS/c1-11-14(24-16(19-11)12-7-18-22(4)9-12)15(23)17-8-13-10-20(2)5-6-21(13)3/h7,9,13H,5-6,8,10H2,1-4H3,(H,17,23). The van der Waals surface area contributed by atoms with Crippen molar-refractivity contribution in [2.45, 2.75) is 13.0 Å². The van der Waals surface area contributed by atoms with Crippen molar-refractivity contribution in [3.05, 3.63) is 23.0 Å². The third-order valence-corrected chi connectivity index (χ3v) is 5.64. The molecule has 0 bridgehead atoms. The maximum Gasteiger partial charge on any atom is 0.263 e. The summed E-state index contributed by atoms with van der Waals surface area (Å²) in [7, 11) is 6.10. The number of likely N-dealkylation sites (N-methyl/N-ethyl adjacent to an activating group) is 2. The zero-order chi connectivity index (χ0) is 17.3. The highest BCUT2D eigenvalue weighted by molar-refractivity contribution is 7.17. The molecule has 3 rings (SSSR count). The third kappa shape index (κ3) is 3.66. The van der Waals surface area contributed by atoms with Gasteiger partial charge in [-0.3, -0.25) is 14.4 Å². The van der Waals surface area contributed by atoms with E-state index in [1.54, 1.807) is 10.9 Å². The van der Waals surface area contributed by atoms with Crippen LogP contribution in [0.3, 0.4) is 0 Å². The topological polar surface area (TPSA) is 66.3 Å². The largest absolute Gasteiger partial charge is 0.350 e. The van der Waals surface area contributed by atoms with Crippen LogP contribution in [0.4, 0.5) is 0 Å². The smallest absolute Gasteiger partial charge is 0.263 e. The Morgan fingerprint density at radius 2 is 2.17 bits per heavy atom. The Morgan fingerprint density at radius 3 is 2.88 bits per heavy atom. The van der Waals surface area contributed by atoms with Crippen LogP contribution < -0.4 is 5.32 Å². The molecule has 2 aromatic heterocycles. The lowest BCUT2D eigenvalue weighted by Gasteiger charge is -2.37. The van der Waals surface area contributed by atoms with Gasteiger partial charge in [0.2, 0.25) is 0 Å². The fourth-order valence-electron chi connectivity index (χ4n) is 2.87. The van der Waals surface area contributed by atoms with Gasteiger partial charge in [-0.05, 0) is 21.0 Å². The van der Waals surface area contributed by atoms with E-state index in [0.29, 0.717) is 17.5 Å². The maximum atomic E-state index is 12.6. The summed E-state index contributed by atoms with van der Waals surface area (Å²) in [5.41, 5.74) is 1.71. The van der Waals surface area contributed by atoms with Crippen molar-refractivity contribution < 1.29 is 4.79 Å². The minimum Gasteiger partial charge on any atom is -0.350 e. The number of carbonyl (C=O) groups excluding carboxylic acids is 1. The number of nitrogens with zero attached hydrogens (tertiary/aromatic N) is 5. The first kappa shape index (κ1) is 17.1. The number of carbonyl (C=O) groups is 1. The maximum absolute atomic E-state index is 12.6. The van der Waals surface area contributed by atoms with Crippen LogP contribution >= 0.6 is 11.3 Å². The van der Waals surface area contributed by atoms with Crippen LogP contribution in [-0.4, -0.2) is 76.8 Å². The summed E-state index contributed by atoms with van der Waals surface area (Å²) >= 11 is 1.42. The third-order valence-electron chi connectivity index (χ3n) is 4.43. The van der Waals surface area contributed by atoms with Crippen molar-refractivity contribution >= 4 is 17.2 Å². The van der Waals surface area contributed by atoms with Crippen LogP contribution in [-0.2, 0) is 7.05 Å². The van der Waals surface area contributed by atoms with Crippen LogP contribution in [0.15, 0.2) is 12.4 Å². The second-order valence-corrected chi connectivity index (χ2v) is 7.44. The summed E-state index contributed by atoms with van der Waals surface area (Å²) in [6.07, 6.45) is 3.68. The van der Waals surface area contributed by atoms with E-state index in [9.17, 15) is 4.79 Å². The van der Waals surface area contributed by atoms with Gasteiger partial charge >= 0.3 is 0 Å². The molecule has 0 aromatic carbocycles. The number of hydrogen-bond acceptors (Lipinski definition) is 6. The number of nitrogens with one attached hydrogen (secondary N) is 1. The van der Waals surface area contributed by atoms with Crippen molar-refractivity contribution in [1.82, 2.24) is 29.9 Å². The molecule has 7 nitrogen and oxygen atoms in total. The fraction of sp³-hybridized carbons (Fsp3) is 0.562. The number of rotatable bonds is 4. The predicted octanol–water partition coefficient (Wildman–Crippen LogP) is 0.828. The average molecular weight is 348 g/mol. The molecule has 1 unspecified atom stereocenters. The molecular weight excluding hydrogens is 324 g/mol. The molecule has 1 aliphatic rings. The fourth-order valence-corrected chi connectivity index (χ4v) is 3.83. The highest BCUT2D eigenvalue weighted by atomic mass is 32.1. The van der Waals surface area contributed by atoms with E-state index in [-0.39, 0.29) is 5.91 Å². The first-order valence-corrected chi connectivity index (χ1v) is 8.89. The summed E-state index contributed by atoms with van der Waals surface area (Å²) in [6, 6.07) is 0.346. The van der Waals surface area contributed by atoms with Crippen LogP contribution in [0.1, 0.15) is 15.4 Å². The SMILES string of the molecule is Cc1nc(-c2cnn(C)c2)sc1C(=O)NCC1CN(C)CCN1C. The number of aryl methyl sites for hydroxylation is 2. The molecule has 0 radical (unpaired) electrons. The second kappa shape index (κ2) is 7.00.